The van der Waals surface area contributed by atoms with Crippen LogP contribution in [0.3, 0.4) is 0 Å². The van der Waals surface area contributed by atoms with Gasteiger partial charge in [-0.15, -0.1) is 0 Å². The van der Waals surface area contributed by atoms with Crippen molar-refractivity contribution in [2.75, 3.05) is 0 Å². The minimum atomic E-state index is -0.0750. The number of carbonyl (C=O) groups is 1. The van der Waals surface area contributed by atoms with Crippen LogP contribution >= 0.6 is 35.0 Å². The maximum Gasteiger partial charge on any atom is 0.267 e. The highest BCUT2D eigenvalue weighted by atomic mass is 35.5. The van der Waals surface area contributed by atoms with E-state index in [4.69, 9.17) is 32.6 Å². The number of amidine groups is 1. The molecule has 4 nitrogen and oxygen atoms in total. The Morgan fingerprint density at radius 2 is 1.88 bits per heavy atom. The van der Waals surface area contributed by atoms with Gasteiger partial charge in [0, 0.05) is 17.7 Å². The molecule has 4 rings (SSSR count). The fourth-order valence-corrected chi connectivity index (χ4v) is 4.73. The third-order valence-corrected chi connectivity index (χ3v) is 7.05. The normalized spacial score (nSPS) is 17.5. The fourth-order valence-electron chi connectivity index (χ4n) is 3.26. The van der Waals surface area contributed by atoms with Crippen LogP contribution in [0.25, 0.3) is 17.4 Å². The topological polar surface area (TPSA) is 45.8 Å². The van der Waals surface area contributed by atoms with Gasteiger partial charge in [0.05, 0.1) is 20.6 Å². The zero-order chi connectivity index (χ0) is 22.8. The van der Waals surface area contributed by atoms with E-state index >= 15 is 0 Å². The van der Waals surface area contributed by atoms with Crippen molar-refractivity contribution in [3.8, 4) is 11.3 Å². The van der Waals surface area contributed by atoms with E-state index in [1.54, 1.807) is 17.0 Å². The van der Waals surface area contributed by atoms with Crippen LogP contribution in [0.2, 0.25) is 10.0 Å². The van der Waals surface area contributed by atoms with Crippen LogP contribution < -0.4 is 0 Å². The Kier molecular flexibility index (Phi) is 6.79. The number of aliphatic imine (C=N–C) groups is 1. The predicted octanol–water partition coefficient (Wildman–Crippen LogP) is 7.96. The highest BCUT2D eigenvalue weighted by Gasteiger charge is 2.36. The van der Waals surface area contributed by atoms with Crippen molar-refractivity contribution in [1.29, 1.82) is 0 Å². The highest BCUT2D eigenvalue weighted by Crippen LogP contribution is 2.38. The monoisotopic (exact) mass is 484 g/mol. The number of aryl methyl sites for hydroxylation is 1. The molecule has 1 atom stereocenters. The first-order chi connectivity index (χ1) is 15.4. The molecular weight excluding hydrogens is 463 g/mol. The van der Waals surface area contributed by atoms with Gasteiger partial charge in [-0.05, 0) is 68.4 Å². The van der Waals surface area contributed by atoms with Crippen molar-refractivity contribution in [1.82, 2.24) is 4.90 Å². The van der Waals surface area contributed by atoms with E-state index in [1.165, 1.54) is 11.8 Å². The average molecular weight is 485 g/mol. The Labute approximate surface area is 201 Å². The first-order valence-corrected chi connectivity index (χ1v) is 11.9. The van der Waals surface area contributed by atoms with Crippen LogP contribution in [0.15, 0.2) is 68.9 Å². The third-order valence-electron chi connectivity index (χ3n) is 5.24. The molecule has 0 aliphatic carbocycles. The number of carbonyl (C=O) groups excluding carboxylic acids is 1. The summed E-state index contributed by atoms with van der Waals surface area (Å²) in [6.07, 6.45) is 2.58. The van der Waals surface area contributed by atoms with Gasteiger partial charge in [0.15, 0.2) is 5.17 Å². The molecule has 0 unspecified atom stereocenters. The zero-order valence-corrected chi connectivity index (χ0v) is 20.3. The molecule has 1 fully saturated rings. The smallest absolute Gasteiger partial charge is 0.267 e. The second kappa shape index (κ2) is 9.57. The van der Waals surface area contributed by atoms with Gasteiger partial charge in [0.2, 0.25) is 0 Å². The lowest BCUT2D eigenvalue weighted by Crippen LogP contribution is -2.36. The van der Waals surface area contributed by atoms with Gasteiger partial charge in [0.1, 0.15) is 11.5 Å². The van der Waals surface area contributed by atoms with Crippen LogP contribution in [0.4, 0.5) is 5.69 Å². The Balaban J connectivity index is 1.66. The van der Waals surface area contributed by atoms with Gasteiger partial charge in [-0.2, -0.15) is 0 Å². The summed E-state index contributed by atoms with van der Waals surface area (Å²) in [5.41, 5.74) is 2.69. The molecule has 3 aromatic rings. The quantitative estimate of drug-likeness (QED) is 0.345. The van der Waals surface area contributed by atoms with Crippen molar-refractivity contribution < 1.29 is 9.21 Å². The predicted molar refractivity (Wildman–Crippen MR) is 135 cm³/mol. The molecule has 0 N–H and O–H groups in total. The van der Waals surface area contributed by atoms with E-state index in [1.807, 2.05) is 62.4 Å². The van der Waals surface area contributed by atoms with Crippen LogP contribution in [0.5, 0.6) is 0 Å². The molecule has 32 heavy (non-hydrogen) atoms. The number of amides is 1. The van der Waals surface area contributed by atoms with Gasteiger partial charge < -0.3 is 4.42 Å². The molecule has 1 aromatic heterocycles. The summed E-state index contributed by atoms with van der Waals surface area (Å²) in [5.74, 6) is 1.08. The lowest BCUT2D eigenvalue weighted by Gasteiger charge is -2.22. The summed E-state index contributed by atoms with van der Waals surface area (Å²) in [7, 11) is 0. The van der Waals surface area contributed by atoms with Crippen molar-refractivity contribution in [2.24, 2.45) is 4.99 Å². The van der Waals surface area contributed by atoms with E-state index in [0.717, 1.165) is 17.7 Å². The fraction of sp³-hybridized carbons (Fsp3) is 0.200. The molecule has 1 saturated heterocycles. The number of rotatable bonds is 5. The summed E-state index contributed by atoms with van der Waals surface area (Å²) in [5, 5.41) is 1.57. The molecular formula is C25H22Cl2N2O2S. The van der Waals surface area contributed by atoms with Crippen molar-refractivity contribution in [2.45, 2.75) is 33.2 Å². The van der Waals surface area contributed by atoms with Crippen LogP contribution in [0.1, 0.15) is 31.6 Å². The Morgan fingerprint density at radius 3 is 2.59 bits per heavy atom. The highest BCUT2D eigenvalue weighted by molar-refractivity contribution is 8.18. The first kappa shape index (κ1) is 22.7. The molecule has 2 aromatic carbocycles. The molecule has 0 bridgehead atoms. The minimum Gasteiger partial charge on any atom is -0.457 e. The second-order valence-electron chi connectivity index (χ2n) is 7.58. The Morgan fingerprint density at radius 1 is 1.12 bits per heavy atom. The summed E-state index contributed by atoms with van der Waals surface area (Å²) < 4.78 is 5.96. The molecule has 1 amide bonds. The number of thioether (sulfide) groups is 1. The van der Waals surface area contributed by atoms with E-state index in [9.17, 15) is 4.79 Å². The standard InChI is InChI=1S/C25H22Cl2N2O2S/c1-4-16(3)29-24(30)22(32-25(29)28-17-10-8-15(2)9-11-17)14-18-12-13-21(31-18)19-6-5-7-20(26)23(19)27/h5-14,16H,4H2,1-3H3/b22-14+,28-25?/t16-/m0/s1. The van der Waals surface area contributed by atoms with Crippen molar-refractivity contribution >= 4 is 57.8 Å². The number of hydrogen-bond acceptors (Lipinski definition) is 4. The van der Waals surface area contributed by atoms with Crippen LogP contribution in [0, 0.1) is 6.92 Å². The SMILES string of the molecule is CC[C@H](C)N1C(=O)/C(=C\c2ccc(-c3cccc(Cl)c3Cl)o2)SC1=Nc1ccc(C)cc1. The summed E-state index contributed by atoms with van der Waals surface area (Å²) in [6.45, 7) is 6.12. The molecule has 1 aliphatic rings. The number of furan rings is 1. The maximum absolute atomic E-state index is 13.2. The van der Waals surface area contributed by atoms with Gasteiger partial charge >= 0.3 is 0 Å². The Bertz CT molecular complexity index is 1210. The molecule has 1 aliphatic heterocycles. The molecule has 0 radical (unpaired) electrons. The first-order valence-electron chi connectivity index (χ1n) is 10.3. The lowest BCUT2D eigenvalue weighted by molar-refractivity contribution is -0.123. The Hall–Kier alpha value is -2.47. The maximum atomic E-state index is 13.2. The van der Waals surface area contributed by atoms with E-state index in [2.05, 4.69) is 6.92 Å². The summed E-state index contributed by atoms with van der Waals surface area (Å²) in [4.78, 5) is 20.3. The minimum absolute atomic E-state index is 0.0301. The summed E-state index contributed by atoms with van der Waals surface area (Å²) >= 11 is 13.8. The molecule has 0 saturated carbocycles. The number of benzene rings is 2. The van der Waals surface area contributed by atoms with Crippen molar-refractivity contribution in [3.05, 3.63) is 80.9 Å². The van der Waals surface area contributed by atoms with Gasteiger partial charge in [0.25, 0.3) is 5.91 Å². The van der Waals surface area contributed by atoms with E-state index in [0.29, 0.717) is 37.2 Å². The molecule has 164 valence electrons. The van der Waals surface area contributed by atoms with Gasteiger partial charge in [-0.25, -0.2) is 4.99 Å². The number of nitrogens with zero attached hydrogens (tertiary/aromatic N) is 2. The molecule has 0 spiro atoms. The summed E-state index contributed by atoms with van der Waals surface area (Å²) in [6, 6.07) is 17.0. The van der Waals surface area contributed by atoms with Crippen molar-refractivity contribution in [3.63, 3.8) is 0 Å². The third kappa shape index (κ3) is 4.65. The number of halogens is 2. The van der Waals surface area contributed by atoms with Gasteiger partial charge in [-0.3, -0.25) is 9.69 Å². The average Bonchev–Trinajstić information content (AvgIpc) is 3.36. The lowest BCUT2D eigenvalue weighted by atomic mass is 10.2. The van der Waals surface area contributed by atoms with E-state index < -0.39 is 0 Å². The second-order valence-corrected chi connectivity index (χ2v) is 9.37. The largest absolute Gasteiger partial charge is 0.457 e. The number of hydrogen-bond donors (Lipinski definition) is 0. The molecule has 7 heteroatoms. The van der Waals surface area contributed by atoms with Crippen LogP contribution in [-0.4, -0.2) is 22.0 Å². The molecule has 2 heterocycles. The van der Waals surface area contributed by atoms with E-state index in [-0.39, 0.29) is 11.9 Å². The van der Waals surface area contributed by atoms with Crippen LogP contribution in [-0.2, 0) is 4.79 Å². The zero-order valence-electron chi connectivity index (χ0n) is 17.9. The van der Waals surface area contributed by atoms with Gasteiger partial charge in [-0.1, -0.05) is 53.9 Å².